The molecule has 0 radical (unpaired) electrons. The van der Waals surface area contributed by atoms with Crippen LogP contribution in [-0.2, 0) is 10.0 Å². The fourth-order valence-electron chi connectivity index (χ4n) is 1.37. The van der Waals surface area contributed by atoms with Crippen LogP contribution >= 0.6 is 12.2 Å². The van der Waals surface area contributed by atoms with E-state index in [9.17, 15) is 8.42 Å². The van der Waals surface area contributed by atoms with Crippen LogP contribution in [0, 0.1) is 0 Å². The van der Waals surface area contributed by atoms with E-state index in [-0.39, 0.29) is 11.8 Å². The summed E-state index contributed by atoms with van der Waals surface area (Å²) in [4.78, 5) is -0.0803. The molecule has 1 aliphatic rings. The van der Waals surface area contributed by atoms with Gasteiger partial charge in [-0.1, -0.05) is 12.2 Å². The maximum Gasteiger partial charge on any atom is 0.241 e. The number of rotatable bonds is 4. The summed E-state index contributed by atoms with van der Waals surface area (Å²) in [5.41, 5.74) is 5.71. The number of hydrogen-bond acceptors (Lipinski definition) is 5. The number of ether oxygens (including phenoxy) is 2. The Balaban J connectivity index is 2.22. The fourth-order valence-corrected chi connectivity index (χ4v) is 2.68. The van der Waals surface area contributed by atoms with Crippen molar-refractivity contribution >= 4 is 32.9 Å². The lowest BCUT2D eigenvalue weighted by Crippen LogP contribution is -2.35. The largest absolute Gasteiger partial charge is 0.454 e. The summed E-state index contributed by atoms with van der Waals surface area (Å²) in [5.74, 6) is 1.08. The molecule has 1 atom stereocenters. The van der Waals surface area contributed by atoms with E-state index in [1.165, 1.54) is 6.92 Å². The molecular formula is C10H12N2O4S2. The van der Waals surface area contributed by atoms with Gasteiger partial charge in [0.05, 0.1) is 10.7 Å². The van der Waals surface area contributed by atoms with E-state index in [1.54, 1.807) is 18.2 Å². The summed E-state index contributed by atoms with van der Waals surface area (Å²) in [6.07, 6.45) is 0. The molecule has 0 saturated heterocycles. The van der Waals surface area contributed by atoms with E-state index >= 15 is 0 Å². The van der Waals surface area contributed by atoms with Crippen molar-refractivity contribution in [1.29, 1.82) is 0 Å². The summed E-state index contributed by atoms with van der Waals surface area (Å²) in [7, 11) is -3.64. The summed E-state index contributed by atoms with van der Waals surface area (Å²) in [6, 6.07) is 4.76. The van der Waals surface area contributed by atoms with Crippen molar-refractivity contribution in [2.75, 3.05) is 11.5 Å². The molecule has 0 amide bonds. The molecule has 1 unspecified atom stereocenters. The molecule has 3 N–H and O–H groups in total. The fraction of sp³-hybridized carbons (Fsp3) is 0.300. The van der Waals surface area contributed by atoms with Gasteiger partial charge in [-0.3, -0.25) is 4.72 Å². The zero-order valence-corrected chi connectivity index (χ0v) is 11.2. The van der Waals surface area contributed by atoms with Crippen LogP contribution in [0.4, 0.5) is 5.69 Å². The highest BCUT2D eigenvalue weighted by atomic mass is 32.2. The normalized spacial score (nSPS) is 15.2. The first kappa shape index (κ1) is 12.9. The van der Waals surface area contributed by atoms with E-state index in [2.05, 4.69) is 16.9 Å². The minimum atomic E-state index is -3.64. The zero-order valence-electron chi connectivity index (χ0n) is 9.54. The van der Waals surface area contributed by atoms with Crippen LogP contribution in [0.2, 0.25) is 0 Å². The van der Waals surface area contributed by atoms with E-state index in [1.807, 2.05) is 0 Å². The highest BCUT2D eigenvalue weighted by Crippen LogP contribution is 2.34. The molecule has 0 bridgehead atoms. The van der Waals surface area contributed by atoms with E-state index < -0.39 is 15.3 Å². The molecule has 6 nitrogen and oxygen atoms in total. The Bertz CT molecular complexity index is 586. The van der Waals surface area contributed by atoms with Crippen LogP contribution in [0.3, 0.4) is 0 Å². The second kappa shape index (κ2) is 4.62. The lowest BCUT2D eigenvalue weighted by molar-refractivity contribution is 0.174. The van der Waals surface area contributed by atoms with E-state index in [0.717, 1.165) is 0 Å². The second-order valence-electron chi connectivity index (χ2n) is 3.76. The Labute approximate surface area is 110 Å². The number of hydrogen-bond donors (Lipinski definition) is 2. The van der Waals surface area contributed by atoms with Crippen molar-refractivity contribution in [3.05, 3.63) is 18.2 Å². The van der Waals surface area contributed by atoms with Gasteiger partial charge in [0.1, 0.15) is 5.25 Å². The van der Waals surface area contributed by atoms with Crippen molar-refractivity contribution in [3.8, 4) is 11.5 Å². The lowest BCUT2D eigenvalue weighted by Gasteiger charge is -2.13. The Morgan fingerprint density at radius 1 is 1.44 bits per heavy atom. The van der Waals surface area contributed by atoms with E-state index in [4.69, 9.17) is 15.2 Å². The van der Waals surface area contributed by atoms with Gasteiger partial charge < -0.3 is 15.2 Å². The summed E-state index contributed by atoms with van der Waals surface area (Å²) < 4.78 is 36.5. The molecule has 0 aliphatic carbocycles. The summed E-state index contributed by atoms with van der Waals surface area (Å²) in [6.45, 7) is 1.56. The van der Waals surface area contributed by atoms with Crippen molar-refractivity contribution in [2.24, 2.45) is 5.73 Å². The van der Waals surface area contributed by atoms with Gasteiger partial charge in [0.2, 0.25) is 16.8 Å². The first-order valence-corrected chi connectivity index (χ1v) is 7.06. The molecule has 18 heavy (non-hydrogen) atoms. The first-order chi connectivity index (χ1) is 8.40. The number of sulfonamides is 1. The maximum absolute atomic E-state index is 11.9. The minimum absolute atomic E-state index is 0.0803. The number of nitrogens with two attached hydrogens (primary N) is 1. The third-order valence-corrected chi connectivity index (χ3v) is 4.71. The van der Waals surface area contributed by atoms with Crippen molar-refractivity contribution in [1.82, 2.24) is 0 Å². The zero-order chi connectivity index (χ0) is 13.3. The number of fused-ring (bicyclic) bond motifs is 1. The third-order valence-electron chi connectivity index (χ3n) is 2.50. The summed E-state index contributed by atoms with van der Waals surface area (Å²) >= 11 is 4.68. The van der Waals surface area contributed by atoms with Gasteiger partial charge in [-0.05, 0) is 19.1 Å². The summed E-state index contributed by atoms with van der Waals surface area (Å²) in [5, 5.41) is -0.946. The van der Waals surface area contributed by atoms with Crippen molar-refractivity contribution in [3.63, 3.8) is 0 Å². The molecule has 0 saturated carbocycles. The topological polar surface area (TPSA) is 90.7 Å². The molecule has 1 aromatic carbocycles. The van der Waals surface area contributed by atoms with Crippen LogP contribution < -0.4 is 19.9 Å². The molecule has 98 valence electrons. The van der Waals surface area contributed by atoms with Crippen molar-refractivity contribution < 1.29 is 17.9 Å². The van der Waals surface area contributed by atoms with Gasteiger partial charge in [-0.25, -0.2) is 8.42 Å². The number of anilines is 1. The predicted molar refractivity (Wildman–Crippen MR) is 71.4 cm³/mol. The monoisotopic (exact) mass is 288 g/mol. The Hall–Kier alpha value is -1.54. The van der Waals surface area contributed by atoms with Gasteiger partial charge in [0.25, 0.3) is 0 Å². The molecule has 0 fully saturated rings. The molecule has 0 aromatic heterocycles. The standard InChI is InChI=1S/C10H12N2O4S2/c1-6(10(11)17)18(13,14)12-7-2-3-8-9(4-7)16-5-15-8/h2-4,6,12H,5H2,1H3,(H2,11,17). The van der Waals surface area contributed by atoms with E-state index in [0.29, 0.717) is 17.2 Å². The molecule has 8 heteroatoms. The van der Waals surface area contributed by atoms with Crippen LogP contribution in [0.1, 0.15) is 6.92 Å². The molecule has 1 aromatic rings. The Morgan fingerprint density at radius 2 is 2.11 bits per heavy atom. The van der Waals surface area contributed by atoms with Gasteiger partial charge in [-0.2, -0.15) is 0 Å². The van der Waals surface area contributed by atoms with Gasteiger partial charge in [-0.15, -0.1) is 0 Å². The minimum Gasteiger partial charge on any atom is -0.454 e. The number of nitrogens with one attached hydrogen (secondary N) is 1. The molecule has 1 aliphatic heterocycles. The molecular weight excluding hydrogens is 276 g/mol. The predicted octanol–water partition coefficient (Wildman–Crippen LogP) is 0.832. The average Bonchev–Trinajstić information content (AvgIpc) is 2.74. The lowest BCUT2D eigenvalue weighted by atomic mass is 10.3. The number of benzene rings is 1. The van der Waals surface area contributed by atoms with Crippen LogP contribution in [0.15, 0.2) is 18.2 Å². The van der Waals surface area contributed by atoms with Crippen LogP contribution in [0.5, 0.6) is 11.5 Å². The van der Waals surface area contributed by atoms with Crippen LogP contribution in [0.25, 0.3) is 0 Å². The molecule has 1 heterocycles. The average molecular weight is 288 g/mol. The quantitative estimate of drug-likeness (QED) is 0.798. The van der Waals surface area contributed by atoms with Gasteiger partial charge in [0.15, 0.2) is 11.5 Å². The Morgan fingerprint density at radius 3 is 2.78 bits per heavy atom. The van der Waals surface area contributed by atoms with Crippen LogP contribution in [-0.4, -0.2) is 25.4 Å². The Kier molecular flexibility index (Phi) is 3.31. The maximum atomic E-state index is 11.9. The van der Waals surface area contributed by atoms with Gasteiger partial charge >= 0.3 is 0 Å². The highest BCUT2D eigenvalue weighted by Gasteiger charge is 2.24. The SMILES string of the molecule is CC(C(N)=S)S(=O)(=O)Nc1ccc2c(c1)OCO2. The third kappa shape index (κ3) is 2.49. The number of thiocarbonyl (C=S) groups is 1. The molecule has 0 spiro atoms. The first-order valence-electron chi connectivity index (χ1n) is 5.11. The van der Waals surface area contributed by atoms with Crippen molar-refractivity contribution in [2.45, 2.75) is 12.2 Å². The molecule has 2 rings (SSSR count). The highest BCUT2D eigenvalue weighted by molar-refractivity contribution is 7.95. The van der Waals surface area contributed by atoms with Gasteiger partial charge in [0, 0.05) is 6.07 Å². The second-order valence-corrected chi connectivity index (χ2v) is 6.23. The smallest absolute Gasteiger partial charge is 0.241 e.